The Hall–Kier alpha value is -2.40. The van der Waals surface area contributed by atoms with Gasteiger partial charge in [0, 0.05) is 35.4 Å². The fraction of sp³-hybridized carbons (Fsp3) is 0.333. The van der Waals surface area contributed by atoms with Crippen molar-refractivity contribution in [3.05, 3.63) is 82.9 Å². The second-order valence-electron chi connectivity index (χ2n) is 8.57. The number of hydrogen-bond donors (Lipinski definition) is 0. The molecular formula is C27H30Cl2N2O2. The Kier molecular flexibility index (Phi) is 7.69. The first-order chi connectivity index (χ1) is 15.7. The Morgan fingerprint density at radius 2 is 1.85 bits per heavy atom. The van der Waals surface area contributed by atoms with E-state index in [4.69, 9.17) is 21.1 Å². The van der Waals surface area contributed by atoms with Crippen molar-refractivity contribution in [3.63, 3.8) is 0 Å². The van der Waals surface area contributed by atoms with Gasteiger partial charge in [0.05, 0.1) is 12.8 Å². The molecule has 0 spiro atoms. The quantitative estimate of drug-likeness (QED) is 0.398. The van der Waals surface area contributed by atoms with Crippen LogP contribution in [0.1, 0.15) is 24.0 Å². The Balaban J connectivity index is 0.00000259. The van der Waals surface area contributed by atoms with Gasteiger partial charge in [-0.25, -0.2) is 0 Å². The number of ether oxygens (including phenoxy) is 2. The highest BCUT2D eigenvalue weighted by molar-refractivity contribution is 6.30. The Labute approximate surface area is 207 Å². The van der Waals surface area contributed by atoms with Crippen molar-refractivity contribution < 1.29 is 9.47 Å². The first-order valence-electron chi connectivity index (χ1n) is 11.4. The van der Waals surface area contributed by atoms with E-state index in [-0.39, 0.29) is 12.4 Å². The van der Waals surface area contributed by atoms with Gasteiger partial charge in [-0.05, 0) is 73.8 Å². The van der Waals surface area contributed by atoms with E-state index in [1.165, 1.54) is 24.1 Å². The second kappa shape index (κ2) is 10.7. The lowest BCUT2D eigenvalue weighted by molar-refractivity contribution is 0.261. The third-order valence-electron chi connectivity index (χ3n) is 6.61. The molecule has 0 aliphatic carbocycles. The van der Waals surface area contributed by atoms with Crippen LogP contribution in [0.4, 0.5) is 11.4 Å². The average molecular weight is 485 g/mol. The lowest BCUT2D eigenvalue weighted by Crippen LogP contribution is -2.39. The average Bonchev–Trinajstić information content (AvgIpc) is 3.21. The number of hydrogen-bond acceptors (Lipinski definition) is 4. The summed E-state index contributed by atoms with van der Waals surface area (Å²) in [5, 5.41) is 0.750. The maximum absolute atomic E-state index is 6.31. The second-order valence-corrected chi connectivity index (χ2v) is 9.01. The molecule has 5 rings (SSSR count). The largest absolute Gasteiger partial charge is 0.497 e. The number of benzene rings is 3. The van der Waals surface area contributed by atoms with Crippen LogP contribution < -0.4 is 14.4 Å². The molecule has 33 heavy (non-hydrogen) atoms. The van der Waals surface area contributed by atoms with Crippen molar-refractivity contribution in [2.75, 3.05) is 31.6 Å². The van der Waals surface area contributed by atoms with E-state index in [2.05, 4.69) is 46.2 Å². The first kappa shape index (κ1) is 23.7. The molecule has 2 aliphatic heterocycles. The predicted molar refractivity (Wildman–Crippen MR) is 138 cm³/mol. The van der Waals surface area contributed by atoms with Gasteiger partial charge in [0.2, 0.25) is 0 Å². The van der Waals surface area contributed by atoms with E-state index in [9.17, 15) is 0 Å². The SMILES string of the molecule is COc1ccc(CCN2CCCC2CN2c3ccc(Cl)cc3COc3ccccc32)cc1.Cl. The number of methoxy groups -OCH3 is 1. The van der Waals surface area contributed by atoms with Gasteiger partial charge >= 0.3 is 0 Å². The molecule has 0 N–H and O–H groups in total. The zero-order valence-electron chi connectivity index (χ0n) is 18.9. The van der Waals surface area contributed by atoms with Crippen molar-refractivity contribution in [3.8, 4) is 11.5 Å². The summed E-state index contributed by atoms with van der Waals surface area (Å²) in [5.41, 5.74) is 4.82. The smallest absolute Gasteiger partial charge is 0.143 e. The Morgan fingerprint density at radius 3 is 2.67 bits per heavy atom. The summed E-state index contributed by atoms with van der Waals surface area (Å²) in [5.74, 6) is 1.84. The fourth-order valence-electron chi connectivity index (χ4n) is 4.89. The molecule has 4 nitrogen and oxygen atoms in total. The maximum Gasteiger partial charge on any atom is 0.143 e. The van der Waals surface area contributed by atoms with Gasteiger partial charge in [0.25, 0.3) is 0 Å². The molecular weight excluding hydrogens is 455 g/mol. The normalized spacial score (nSPS) is 17.4. The lowest BCUT2D eigenvalue weighted by atomic mass is 10.1. The summed E-state index contributed by atoms with van der Waals surface area (Å²) >= 11 is 6.31. The van der Waals surface area contributed by atoms with Gasteiger partial charge in [-0.3, -0.25) is 4.90 Å². The van der Waals surface area contributed by atoms with Crippen LogP contribution >= 0.6 is 24.0 Å². The Bertz CT molecular complexity index is 1070. The molecule has 2 heterocycles. The number of nitrogens with zero attached hydrogens (tertiary/aromatic N) is 2. The molecule has 0 saturated carbocycles. The summed E-state index contributed by atoms with van der Waals surface area (Å²) in [6.45, 7) is 3.70. The van der Waals surface area contributed by atoms with Crippen LogP contribution in [-0.2, 0) is 13.0 Å². The van der Waals surface area contributed by atoms with E-state index in [1.807, 2.05) is 30.3 Å². The van der Waals surface area contributed by atoms with Crippen LogP contribution in [0.2, 0.25) is 5.02 Å². The molecule has 3 aromatic carbocycles. The number of likely N-dealkylation sites (tertiary alicyclic amines) is 1. The molecule has 0 bridgehead atoms. The van der Waals surface area contributed by atoms with Crippen molar-refractivity contribution in [2.24, 2.45) is 0 Å². The number of fused-ring (bicyclic) bond motifs is 2. The maximum atomic E-state index is 6.31. The topological polar surface area (TPSA) is 24.9 Å². The van der Waals surface area contributed by atoms with Gasteiger partial charge in [-0.15, -0.1) is 12.4 Å². The predicted octanol–water partition coefficient (Wildman–Crippen LogP) is 6.51. The summed E-state index contributed by atoms with van der Waals surface area (Å²) in [6.07, 6.45) is 3.50. The molecule has 3 aromatic rings. The third-order valence-corrected chi connectivity index (χ3v) is 6.85. The minimum absolute atomic E-state index is 0. The highest BCUT2D eigenvalue weighted by Gasteiger charge is 2.30. The van der Waals surface area contributed by atoms with Crippen LogP contribution in [0, 0.1) is 0 Å². The number of para-hydroxylation sites is 2. The molecule has 6 heteroatoms. The number of rotatable bonds is 6. The minimum atomic E-state index is 0. The highest BCUT2D eigenvalue weighted by Crippen LogP contribution is 2.41. The highest BCUT2D eigenvalue weighted by atomic mass is 35.5. The summed E-state index contributed by atoms with van der Waals surface area (Å²) in [6, 6.07) is 23.5. The van der Waals surface area contributed by atoms with Crippen molar-refractivity contribution in [1.29, 1.82) is 0 Å². The lowest BCUT2D eigenvalue weighted by Gasteiger charge is -2.33. The van der Waals surface area contributed by atoms with Gasteiger partial charge in [-0.1, -0.05) is 35.9 Å². The Morgan fingerprint density at radius 1 is 1.03 bits per heavy atom. The summed E-state index contributed by atoms with van der Waals surface area (Å²) < 4.78 is 11.4. The van der Waals surface area contributed by atoms with Gasteiger partial charge < -0.3 is 14.4 Å². The minimum Gasteiger partial charge on any atom is -0.497 e. The van der Waals surface area contributed by atoms with Crippen molar-refractivity contribution in [1.82, 2.24) is 4.90 Å². The number of anilines is 2. The van der Waals surface area contributed by atoms with Crippen LogP contribution in [0.25, 0.3) is 0 Å². The standard InChI is InChI=1S/C27H29ClN2O2.ClH/c1-31-24-11-8-20(9-12-24)14-16-29-15-4-5-23(29)18-30-25-13-10-22(28)17-21(25)19-32-27-7-3-2-6-26(27)30;/h2-3,6-13,17,23H,4-5,14-16,18-19H2,1H3;1H. The molecule has 1 unspecified atom stereocenters. The molecule has 0 aromatic heterocycles. The zero-order valence-corrected chi connectivity index (χ0v) is 20.4. The molecule has 174 valence electrons. The zero-order chi connectivity index (χ0) is 21.9. The van der Waals surface area contributed by atoms with Crippen LogP contribution in [-0.4, -0.2) is 37.7 Å². The fourth-order valence-corrected chi connectivity index (χ4v) is 5.08. The van der Waals surface area contributed by atoms with Gasteiger partial charge in [0.1, 0.15) is 18.1 Å². The monoisotopic (exact) mass is 484 g/mol. The van der Waals surface area contributed by atoms with Crippen LogP contribution in [0.5, 0.6) is 11.5 Å². The number of halogens is 2. The van der Waals surface area contributed by atoms with Crippen LogP contribution in [0.15, 0.2) is 66.7 Å². The summed E-state index contributed by atoms with van der Waals surface area (Å²) in [4.78, 5) is 5.08. The van der Waals surface area contributed by atoms with E-state index in [0.717, 1.165) is 53.8 Å². The molecule has 0 radical (unpaired) electrons. The van der Waals surface area contributed by atoms with Gasteiger partial charge in [-0.2, -0.15) is 0 Å². The van der Waals surface area contributed by atoms with E-state index in [1.54, 1.807) is 7.11 Å². The molecule has 1 fully saturated rings. The molecule has 0 amide bonds. The van der Waals surface area contributed by atoms with Gasteiger partial charge in [0.15, 0.2) is 0 Å². The molecule has 1 saturated heterocycles. The first-order valence-corrected chi connectivity index (χ1v) is 11.7. The van der Waals surface area contributed by atoms with Crippen LogP contribution in [0.3, 0.4) is 0 Å². The third kappa shape index (κ3) is 5.24. The molecule has 2 aliphatic rings. The van der Waals surface area contributed by atoms with Crippen molar-refractivity contribution >= 4 is 35.4 Å². The van der Waals surface area contributed by atoms with Crippen molar-refractivity contribution in [2.45, 2.75) is 31.9 Å². The van der Waals surface area contributed by atoms with E-state index in [0.29, 0.717) is 12.6 Å². The van der Waals surface area contributed by atoms with E-state index < -0.39 is 0 Å². The molecule has 1 atom stereocenters. The summed E-state index contributed by atoms with van der Waals surface area (Å²) in [7, 11) is 1.71. The van der Waals surface area contributed by atoms with E-state index >= 15 is 0 Å².